The molecule has 1 aromatic rings. The summed E-state index contributed by atoms with van der Waals surface area (Å²) < 4.78 is 10.7. The third kappa shape index (κ3) is 2.45. The van der Waals surface area contributed by atoms with Crippen molar-refractivity contribution in [3.63, 3.8) is 0 Å². The molecule has 0 saturated carbocycles. The van der Waals surface area contributed by atoms with Crippen LogP contribution in [0.1, 0.15) is 26.2 Å². The molecule has 2 aliphatic heterocycles. The van der Waals surface area contributed by atoms with Crippen molar-refractivity contribution in [1.82, 2.24) is 5.32 Å². The van der Waals surface area contributed by atoms with E-state index < -0.39 is 0 Å². The Labute approximate surface area is 118 Å². The quantitative estimate of drug-likeness (QED) is 0.916. The van der Waals surface area contributed by atoms with Crippen molar-refractivity contribution in [1.29, 1.82) is 0 Å². The van der Waals surface area contributed by atoms with Crippen molar-refractivity contribution in [3.05, 3.63) is 18.2 Å². The van der Waals surface area contributed by atoms with Gasteiger partial charge in [0.15, 0.2) is 11.5 Å². The molecule has 0 spiro atoms. The number of benzene rings is 1. The van der Waals surface area contributed by atoms with Crippen LogP contribution in [0.15, 0.2) is 18.2 Å². The van der Waals surface area contributed by atoms with E-state index >= 15 is 0 Å². The Morgan fingerprint density at radius 2 is 2.05 bits per heavy atom. The highest BCUT2D eigenvalue weighted by Gasteiger charge is 2.27. The minimum absolute atomic E-state index is 0.163. The normalized spacial score (nSPS) is 18.1. The van der Waals surface area contributed by atoms with E-state index in [4.69, 9.17) is 9.47 Å². The van der Waals surface area contributed by atoms with Crippen molar-refractivity contribution in [3.8, 4) is 11.5 Å². The number of hydrogen-bond donors (Lipinski definition) is 1. The first kappa shape index (κ1) is 13.2. The first-order chi connectivity index (χ1) is 9.79. The van der Waals surface area contributed by atoms with Gasteiger partial charge in [0.05, 0.1) is 0 Å². The van der Waals surface area contributed by atoms with Crippen molar-refractivity contribution in [2.24, 2.45) is 0 Å². The highest BCUT2D eigenvalue weighted by Crippen LogP contribution is 2.36. The van der Waals surface area contributed by atoms with Gasteiger partial charge >= 0.3 is 0 Å². The molecule has 20 heavy (non-hydrogen) atoms. The molecule has 0 unspecified atom stereocenters. The van der Waals surface area contributed by atoms with Crippen molar-refractivity contribution in [2.75, 3.05) is 24.8 Å². The Morgan fingerprint density at radius 1 is 1.30 bits per heavy atom. The predicted octanol–water partition coefficient (Wildman–Crippen LogP) is 1.91. The Morgan fingerprint density at radius 3 is 2.80 bits per heavy atom. The zero-order valence-corrected chi connectivity index (χ0v) is 11.7. The van der Waals surface area contributed by atoms with Gasteiger partial charge in [0.2, 0.25) is 12.7 Å². The van der Waals surface area contributed by atoms with Crippen molar-refractivity contribution in [2.45, 2.75) is 32.2 Å². The van der Waals surface area contributed by atoms with Crippen LogP contribution >= 0.6 is 0 Å². The number of carbonyl (C=O) groups is 1. The van der Waals surface area contributed by atoms with E-state index in [2.05, 4.69) is 5.32 Å². The van der Waals surface area contributed by atoms with Gasteiger partial charge in [0.1, 0.15) is 0 Å². The lowest BCUT2D eigenvalue weighted by Gasteiger charge is -2.34. The van der Waals surface area contributed by atoms with Crippen LogP contribution in [-0.2, 0) is 4.79 Å². The van der Waals surface area contributed by atoms with Crippen LogP contribution in [-0.4, -0.2) is 31.8 Å². The molecule has 0 aromatic heterocycles. The van der Waals surface area contributed by atoms with Crippen LogP contribution in [0.4, 0.5) is 5.69 Å². The summed E-state index contributed by atoms with van der Waals surface area (Å²) in [6.07, 6.45) is 2.48. The summed E-state index contributed by atoms with van der Waals surface area (Å²) in [6.45, 7) is 4.09. The fourth-order valence-electron chi connectivity index (χ4n) is 2.83. The van der Waals surface area contributed by atoms with Crippen molar-refractivity contribution >= 4 is 11.6 Å². The maximum atomic E-state index is 12.3. The number of nitrogens with zero attached hydrogens (tertiary/aromatic N) is 1. The molecule has 0 atom stereocenters. The second kappa shape index (κ2) is 5.71. The summed E-state index contributed by atoms with van der Waals surface area (Å²) in [4.78, 5) is 14.3. The van der Waals surface area contributed by atoms with E-state index in [9.17, 15) is 4.79 Å². The fourth-order valence-corrected chi connectivity index (χ4v) is 2.83. The van der Waals surface area contributed by atoms with Gasteiger partial charge in [0, 0.05) is 24.2 Å². The molecule has 108 valence electrons. The number of piperidine rings is 1. The van der Waals surface area contributed by atoms with Gasteiger partial charge in [-0.25, -0.2) is 0 Å². The second-order valence-electron chi connectivity index (χ2n) is 5.14. The number of ether oxygens (including phenoxy) is 2. The molecule has 2 aliphatic rings. The lowest BCUT2D eigenvalue weighted by molar-refractivity contribution is -0.118. The van der Waals surface area contributed by atoms with Gasteiger partial charge in [0.25, 0.3) is 0 Å². The number of anilines is 1. The lowest BCUT2D eigenvalue weighted by Crippen LogP contribution is -2.46. The molecule has 5 heteroatoms. The van der Waals surface area contributed by atoms with Crippen LogP contribution in [0.3, 0.4) is 0 Å². The van der Waals surface area contributed by atoms with Crippen LogP contribution in [0.5, 0.6) is 11.5 Å². The third-order valence-electron chi connectivity index (χ3n) is 3.88. The second-order valence-corrected chi connectivity index (χ2v) is 5.14. The minimum Gasteiger partial charge on any atom is -0.454 e. The van der Waals surface area contributed by atoms with Crippen molar-refractivity contribution < 1.29 is 14.3 Å². The highest BCUT2D eigenvalue weighted by atomic mass is 16.7. The maximum Gasteiger partial charge on any atom is 0.231 e. The fraction of sp³-hybridized carbons (Fsp3) is 0.533. The summed E-state index contributed by atoms with van der Waals surface area (Å²) in [7, 11) is 0. The van der Waals surface area contributed by atoms with E-state index in [1.54, 1.807) is 0 Å². The van der Waals surface area contributed by atoms with E-state index in [-0.39, 0.29) is 18.7 Å². The van der Waals surface area contributed by atoms with E-state index in [0.717, 1.165) is 43.1 Å². The van der Waals surface area contributed by atoms with E-state index in [1.807, 2.05) is 30.0 Å². The molecule has 1 N–H and O–H groups in total. The Bertz CT molecular complexity index is 498. The number of rotatable bonds is 3. The van der Waals surface area contributed by atoms with Crippen LogP contribution in [0, 0.1) is 0 Å². The van der Waals surface area contributed by atoms with Gasteiger partial charge < -0.3 is 19.7 Å². The Balaban J connectivity index is 1.90. The monoisotopic (exact) mass is 276 g/mol. The molecule has 1 fully saturated rings. The van der Waals surface area contributed by atoms with Gasteiger partial charge in [-0.1, -0.05) is 6.92 Å². The Kier molecular flexibility index (Phi) is 3.78. The van der Waals surface area contributed by atoms with Gasteiger partial charge in [-0.05, 0) is 38.1 Å². The van der Waals surface area contributed by atoms with Crippen LogP contribution in [0.25, 0.3) is 0 Å². The topological polar surface area (TPSA) is 50.8 Å². The Hall–Kier alpha value is -1.75. The number of amides is 1. The molecule has 0 bridgehead atoms. The summed E-state index contributed by atoms with van der Waals surface area (Å²) in [5.74, 6) is 1.64. The van der Waals surface area contributed by atoms with Gasteiger partial charge in [-0.2, -0.15) is 0 Å². The number of carbonyl (C=O) groups excluding carboxylic acids is 1. The minimum atomic E-state index is 0.163. The maximum absolute atomic E-state index is 12.3. The third-order valence-corrected chi connectivity index (χ3v) is 3.88. The molecule has 1 aromatic carbocycles. The molecule has 3 rings (SSSR count). The first-order valence-corrected chi connectivity index (χ1v) is 7.22. The van der Waals surface area contributed by atoms with Gasteiger partial charge in [-0.3, -0.25) is 4.79 Å². The standard InChI is InChI=1S/C15H20N2O3/c1-2-15(18)17(11-5-7-16-8-6-11)12-3-4-13-14(9-12)20-10-19-13/h3-4,9,11,16H,2,5-8,10H2,1H3. The van der Waals surface area contributed by atoms with E-state index in [1.165, 1.54) is 0 Å². The lowest BCUT2D eigenvalue weighted by atomic mass is 10.0. The zero-order valence-electron chi connectivity index (χ0n) is 11.7. The number of hydrogen-bond acceptors (Lipinski definition) is 4. The summed E-state index contributed by atoms with van der Waals surface area (Å²) >= 11 is 0. The van der Waals surface area contributed by atoms with Gasteiger partial charge in [-0.15, -0.1) is 0 Å². The molecule has 5 nitrogen and oxygen atoms in total. The highest BCUT2D eigenvalue weighted by molar-refractivity contribution is 5.94. The average molecular weight is 276 g/mol. The molecule has 1 amide bonds. The summed E-state index contributed by atoms with van der Waals surface area (Å²) in [5, 5.41) is 3.34. The molecule has 0 radical (unpaired) electrons. The molecular formula is C15H20N2O3. The number of nitrogens with one attached hydrogen (secondary N) is 1. The van der Waals surface area contributed by atoms with Crippen LogP contribution in [0.2, 0.25) is 0 Å². The van der Waals surface area contributed by atoms with E-state index in [0.29, 0.717) is 6.42 Å². The smallest absolute Gasteiger partial charge is 0.231 e. The molecule has 1 saturated heterocycles. The molecule has 2 heterocycles. The zero-order chi connectivity index (χ0) is 13.9. The SMILES string of the molecule is CCC(=O)N(c1ccc2c(c1)OCO2)C1CCNCC1. The van der Waals surface area contributed by atoms with Crippen LogP contribution < -0.4 is 19.7 Å². The largest absolute Gasteiger partial charge is 0.454 e. The molecule has 0 aliphatic carbocycles. The average Bonchev–Trinajstić information content (AvgIpc) is 2.96. The predicted molar refractivity (Wildman–Crippen MR) is 76.2 cm³/mol. The number of fused-ring (bicyclic) bond motifs is 1. The first-order valence-electron chi connectivity index (χ1n) is 7.22. The molecular weight excluding hydrogens is 256 g/mol. The summed E-state index contributed by atoms with van der Waals surface area (Å²) in [6, 6.07) is 6.01. The summed E-state index contributed by atoms with van der Waals surface area (Å²) in [5.41, 5.74) is 0.910.